The molecule has 0 radical (unpaired) electrons. The largest absolute Gasteiger partial charge is 0.497 e. The van der Waals surface area contributed by atoms with Crippen LogP contribution in [0.1, 0.15) is 17.8 Å². The van der Waals surface area contributed by atoms with Gasteiger partial charge in [-0.25, -0.2) is 15.0 Å². The lowest BCUT2D eigenvalue weighted by Gasteiger charge is -2.18. The average Bonchev–Trinajstić information content (AvgIpc) is 3.33. The lowest BCUT2D eigenvalue weighted by Crippen LogP contribution is -2.33. The predicted octanol–water partition coefficient (Wildman–Crippen LogP) is -0.408. The lowest BCUT2D eigenvalue weighted by atomic mass is 10.1. The van der Waals surface area contributed by atoms with Crippen molar-refractivity contribution in [3.05, 3.63) is 42.5 Å². The molecule has 160 valence electrons. The molecule has 0 saturated carbocycles. The van der Waals surface area contributed by atoms with Crippen molar-refractivity contribution in [2.24, 2.45) is 0 Å². The van der Waals surface area contributed by atoms with E-state index in [1.807, 2.05) is 12.1 Å². The highest BCUT2D eigenvalue weighted by Gasteiger charge is 2.44. The number of imidazole rings is 1. The van der Waals surface area contributed by atoms with Gasteiger partial charge >= 0.3 is 0 Å². The molecule has 11 nitrogen and oxygen atoms in total. The first-order chi connectivity index (χ1) is 14.6. The van der Waals surface area contributed by atoms with Gasteiger partial charge in [-0.05, 0) is 17.7 Å². The molecule has 4 rings (SSSR count). The fraction of sp³-hybridized carbons (Fsp3) is 0.421. The number of fused-ring (bicyclic) bond motifs is 1. The quantitative estimate of drug-likeness (QED) is 0.343. The molecule has 5 N–H and O–H groups in total. The Kier molecular flexibility index (Phi) is 5.79. The Labute approximate surface area is 171 Å². The molecule has 3 aromatic rings. The molecule has 2 unspecified atom stereocenters. The maximum atomic E-state index is 10.3. The molecule has 2 aromatic heterocycles. The number of aliphatic hydroxyl groups is 4. The highest BCUT2D eigenvalue weighted by molar-refractivity contribution is 5.83. The summed E-state index contributed by atoms with van der Waals surface area (Å²) in [7, 11) is 1.58. The maximum absolute atomic E-state index is 10.3. The summed E-state index contributed by atoms with van der Waals surface area (Å²) >= 11 is 0. The second kappa shape index (κ2) is 8.50. The van der Waals surface area contributed by atoms with Crippen molar-refractivity contribution in [2.45, 2.75) is 30.6 Å². The van der Waals surface area contributed by atoms with E-state index in [-0.39, 0.29) is 6.61 Å². The fourth-order valence-electron chi connectivity index (χ4n) is 3.49. The molecule has 1 aliphatic rings. The molecule has 1 saturated heterocycles. The van der Waals surface area contributed by atoms with Gasteiger partial charge in [0.15, 0.2) is 23.2 Å². The number of methoxy groups -OCH3 is 1. The Bertz CT molecular complexity index is 997. The van der Waals surface area contributed by atoms with E-state index < -0.39 is 37.2 Å². The minimum atomic E-state index is -1.25. The monoisotopic (exact) mass is 417 g/mol. The van der Waals surface area contributed by atoms with Gasteiger partial charge in [0.25, 0.3) is 0 Å². The van der Waals surface area contributed by atoms with Crippen molar-refractivity contribution in [2.75, 3.05) is 25.6 Å². The fourth-order valence-corrected chi connectivity index (χ4v) is 3.49. The summed E-state index contributed by atoms with van der Waals surface area (Å²) in [6, 6.07) is 6.82. The van der Waals surface area contributed by atoms with Crippen LogP contribution in [0.15, 0.2) is 36.9 Å². The Morgan fingerprint density at radius 1 is 1.13 bits per heavy atom. The number of rotatable bonds is 7. The number of hydrogen-bond donors (Lipinski definition) is 5. The number of aliphatic hydroxyl groups excluding tert-OH is 4. The summed E-state index contributed by atoms with van der Waals surface area (Å²) < 4.78 is 12.2. The van der Waals surface area contributed by atoms with Crippen LogP contribution >= 0.6 is 0 Å². The zero-order valence-electron chi connectivity index (χ0n) is 16.2. The molecule has 0 spiro atoms. The highest BCUT2D eigenvalue weighted by Crippen LogP contribution is 2.32. The van der Waals surface area contributed by atoms with Crippen LogP contribution in [0.5, 0.6) is 5.75 Å². The van der Waals surface area contributed by atoms with Crippen LogP contribution in [-0.2, 0) is 4.74 Å². The molecule has 0 bridgehead atoms. The number of nitrogens with one attached hydrogen (secondary N) is 1. The van der Waals surface area contributed by atoms with Gasteiger partial charge in [-0.2, -0.15) is 0 Å². The van der Waals surface area contributed by atoms with Crippen molar-refractivity contribution in [3.63, 3.8) is 0 Å². The van der Waals surface area contributed by atoms with Crippen molar-refractivity contribution < 1.29 is 29.9 Å². The molecule has 30 heavy (non-hydrogen) atoms. The Hall–Kier alpha value is -2.83. The smallest absolute Gasteiger partial charge is 0.167 e. The highest BCUT2D eigenvalue weighted by atomic mass is 16.6. The third-order valence-electron chi connectivity index (χ3n) is 5.16. The molecule has 0 amide bonds. The molecule has 11 heteroatoms. The van der Waals surface area contributed by atoms with Gasteiger partial charge in [0.05, 0.1) is 32.7 Å². The third kappa shape index (κ3) is 3.57. The Balaban J connectivity index is 1.63. The minimum Gasteiger partial charge on any atom is -0.497 e. The molecule has 5 atom stereocenters. The van der Waals surface area contributed by atoms with Gasteiger partial charge < -0.3 is 35.2 Å². The summed E-state index contributed by atoms with van der Waals surface area (Å²) in [5.41, 5.74) is 1.60. The molecule has 1 aliphatic heterocycles. The SMILES string of the molecule is COc1ccc([C@@H](CO)Nc2ncnc3c2ncn3[C@@H]2O[C@H](CO)C(O)C2O)cc1. The molecule has 0 aliphatic carbocycles. The van der Waals surface area contributed by atoms with Gasteiger partial charge in [0, 0.05) is 0 Å². The number of benzene rings is 1. The van der Waals surface area contributed by atoms with E-state index in [4.69, 9.17) is 9.47 Å². The van der Waals surface area contributed by atoms with Crippen molar-refractivity contribution in [1.29, 1.82) is 0 Å². The van der Waals surface area contributed by atoms with Gasteiger partial charge in [-0.1, -0.05) is 12.1 Å². The maximum Gasteiger partial charge on any atom is 0.167 e. The summed E-state index contributed by atoms with van der Waals surface area (Å²) in [5.74, 6) is 1.09. The van der Waals surface area contributed by atoms with Gasteiger partial charge in [0.2, 0.25) is 0 Å². The van der Waals surface area contributed by atoms with E-state index in [0.29, 0.717) is 22.7 Å². The van der Waals surface area contributed by atoms with Gasteiger partial charge in [-0.15, -0.1) is 0 Å². The molecule has 1 fully saturated rings. The van der Waals surface area contributed by atoms with Crippen molar-refractivity contribution in [1.82, 2.24) is 19.5 Å². The standard InChI is InChI=1S/C19H23N5O6/c1-29-11-4-2-10(3-5-11)12(6-25)23-17-14-18(21-8-20-17)24(9-22-14)19-16(28)15(27)13(7-26)30-19/h2-5,8-9,12-13,15-16,19,25-28H,6-7H2,1H3,(H,20,21,23)/t12-,13-,15?,16?,19-/m1/s1. The van der Waals surface area contributed by atoms with Crippen LogP contribution in [0, 0.1) is 0 Å². The van der Waals surface area contributed by atoms with E-state index in [2.05, 4.69) is 20.3 Å². The molecule has 3 heterocycles. The molecular weight excluding hydrogens is 394 g/mol. The van der Waals surface area contributed by atoms with Crippen LogP contribution < -0.4 is 10.1 Å². The summed E-state index contributed by atoms with van der Waals surface area (Å²) in [6.45, 7) is -0.615. The number of hydrogen-bond acceptors (Lipinski definition) is 10. The topological polar surface area (TPSA) is 155 Å². The minimum absolute atomic E-state index is 0.187. The van der Waals surface area contributed by atoms with Gasteiger partial charge in [0.1, 0.15) is 30.4 Å². The van der Waals surface area contributed by atoms with Crippen LogP contribution in [0.2, 0.25) is 0 Å². The van der Waals surface area contributed by atoms with Crippen LogP contribution in [-0.4, -0.2) is 78.6 Å². The zero-order valence-corrected chi connectivity index (χ0v) is 16.2. The zero-order chi connectivity index (χ0) is 21.3. The second-order valence-electron chi connectivity index (χ2n) is 6.93. The summed E-state index contributed by atoms with van der Waals surface area (Å²) in [6.07, 6.45) is -1.60. The summed E-state index contributed by atoms with van der Waals surface area (Å²) in [4.78, 5) is 12.8. The third-order valence-corrected chi connectivity index (χ3v) is 5.16. The first kappa shape index (κ1) is 20.4. The van der Waals surface area contributed by atoms with Gasteiger partial charge in [-0.3, -0.25) is 4.57 Å². The summed E-state index contributed by atoms with van der Waals surface area (Å²) in [5, 5.41) is 42.6. The van der Waals surface area contributed by atoms with E-state index in [1.165, 1.54) is 17.2 Å². The lowest BCUT2D eigenvalue weighted by molar-refractivity contribution is -0.0511. The van der Waals surface area contributed by atoms with Crippen LogP contribution in [0.3, 0.4) is 0 Å². The Morgan fingerprint density at radius 3 is 2.53 bits per heavy atom. The van der Waals surface area contributed by atoms with E-state index in [0.717, 1.165) is 5.56 Å². The van der Waals surface area contributed by atoms with Crippen LogP contribution in [0.4, 0.5) is 5.82 Å². The normalized spacial score (nSPS) is 24.8. The molecule has 1 aromatic carbocycles. The molecular formula is C19H23N5O6. The van der Waals surface area contributed by atoms with Crippen molar-refractivity contribution >= 4 is 17.0 Å². The van der Waals surface area contributed by atoms with E-state index in [1.54, 1.807) is 19.2 Å². The number of anilines is 1. The predicted molar refractivity (Wildman–Crippen MR) is 105 cm³/mol. The number of ether oxygens (including phenoxy) is 2. The first-order valence-electron chi connectivity index (χ1n) is 9.38. The average molecular weight is 417 g/mol. The van der Waals surface area contributed by atoms with E-state index >= 15 is 0 Å². The van der Waals surface area contributed by atoms with Crippen LogP contribution in [0.25, 0.3) is 11.2 Å². The second-order valence-corrected chi connectivity index (χ2v) is 6.93. The number of aromatic nitrogens is 4. The Morgan fingerprint density at radius 2 is 1.90 bits per heavy atom. The first-order valence-corrected chi connectivity index (χ1v) is 9.38. The van der Waals surface area contributed by atoms with Crippen molar-refractivity contribution in [3.8, 4) is 5.75 Å². The number of nitrogens with zero attached hydrogens (tertiary/aromatic N) is 4. The van der Waals surface area contributed by atoms with E-state index in [9.17, 15) is 20.4 Å².